The van der Waals surface area contributed by atoms with E-state index in [9.17, 15) is 26.3 Å². The molecule has 0 aliphatic heterocycles. The van der Waals surface area contributed by atoms with E-state index in [0.717, 1.165) is 61.0 Å². The van der Waals surface area contributed by atoms with Gasteiger partial charge in [-0.25, -0.2) is 0 Å². The van der Waals surface area contributed by atoms with Crippen LogP contribution in [0.25, 0.3) is 43.8 Å². The molecule has 0 aromatic heterocycles. The predicted octanol–water partition coefficient (Wildman–Crippen LogP) is 11.2. The molecule has 0 fully saturated rings. The molecule has 0 heterocycles. The Hall–Kier alpha value is -3.34. The van der Waals surface area contributed by atoms with Crippen molar-refractivity contribution in [2.45, 2.75) is 52.1 Å². The molecule has 0 aliphatic carbocycles. The molecule has 46 heavy (non-hydrogen) atoms. The van der Waals surface area contributed by atoms with Gasteiger partial charge in [-0.05, 0) is 0 Å². The van der Waals surface area contributed by atoms with Gasteiger partial charge in [-0.1, -0.05) is 155 Å². The Morgan fingerprint density at radius 3 is 1.63 bits per heavy atom. The zero-order valence-electron chi connectivity index (χ0n) is 26.2. The second-order valence-electron chi connectivity index (χ2n) is 11.3. The van der Waals surface area contributed by atoms with Crippen LogP contribution in [0.3, 0.4) is 0 Å². The monoisotopic (exact) mass is 655 g/mol. The summed E-state index contributed by atoms with van der Waals surface area (Å²) in [6.45, 7) is 8.23. The second-order valence-corrected chi connectivity index (χ2v) is 13.8. The van der Waals surface area contributed by atoms with Crippen LogP contribution in [0, 0.1) is 0 Å². The number of hydrogen-bond donors (Lipinski definition) is 0. The summed E-state index contributed by atoms with van der Waals surface area (Å²) >= 11 is 0. The van der Waals surface area contributed by atoms with E-state index in [1.165, 1.54) is 23.4 Å². The third kappa shape index (κ3) is 7.29. The van der Waals surface area contributed by atoms with Gasteiger partial charge in [0.05, 0.1) is 8.80 Å². The van der Waals surface area contributed by atoms with Gasteiger partial charge in [-0.3, -0.25) is 0 Å². The van der Waals surface area contributed by atoms with E-state index in [4.69, 9.17) is 0 Å². The molecule has 0 nitrogen and oxygen atoms in total. The van der Waals surface area contributed by atoms with Crippen molar-refractivity contribution in [3.63, 3.8) is 0 Å². The normalized spacial score (nSPS) is 11.9. The first-order valence-corrected chi connectivity index (χ1v) is 17.4. The predicted molar refractivity (Wildman–Crippen MR) is 182 cm³/mol. The molecule has 0 spiro atoms. The summed E-state index contributed by atoms with van der Waals surface area (Å²) < 4.78 is 77.6. The van der Waals surface area contributed by atoms with Crippen LogP contribution < -0.4 is 5.19 Å². The molecule has 0 aliphatic rings. The quantitative estimate of drug-likeness (QED) is 0.0985. The van der Waals surface area contributed by atoms with Gasteiger partial charge in [0.2, 0.25) is 0 Å². The molecule has 6 aromatic carbocycles. The fourth-order valence-corrected chi connectivity index (χ4v) is 7.14. The molecule has 0 saturated heterocycles. The van der Waals surface area contributed by atoms with Gasteiger partial charge < -0.3 is 0 Å². The zero-order valence-corrected chi connectivity index (χ0v) is 28.6. The van der Waals surface area contributed by atoms with E-state index in [1.54, 1.807) is 12.1 Å². The maximum Gasteiger partial charge on any atom is 2.00 e. The van der Waals surface area contributed by atoms with Gasteiger partial charge in [0.25, 0.3) is 0 Å². The van der Waals surface area contributed by atoms with Crippen LogP contribution in [0.1, 0.15) is 36.1 Å². The van der Waals surface area contributed by atoms with Crippen LogP contribution in [-0.4, -0.2) is 31.8 Å². The minimum Gasteiger partial charge on any atom is -0.166 e. The number of alkyl halides is 6. The maximum absolute atomic E-state index is 13.0. The van der Waals surface area contributed by atoms with Crippen molar-refractivity contribution in [1.29, 1.82) is 0 Å². The minimum absolute atomic E-state index is 0. The number of benzene rings is 4. The van der Waals surface area contributed by atoms with Crippen molar-refractivity contribution in [3.8, 4) is 22.3 Å². The molecule has 6 aromatic rings. The Bertz CT molecular complexity index is 1940. The van der Waals surface area contributed by atoms with E-state index in [2.05, 4.69) is 31.3 Å². The Balaban J connectivity index is 0.000000206. The van der Waals surface area contributed by atoms with Crippen molar-refractivity contribution in [2.24, 2.45) is 0 Å². The first kappa shape index (κ1) is 35.5. The van der Waals surface area contributed by atoms with E-state index < -0.39 is 32.3 Å². The van der Waals surface area contributed by atoms with Gasteiger partial charge in [0.1, 0.15) is 0 Å². The van der Waals surface area contributed by atoms with Crippen molar-refractivity contribution < 1.29 is 26.3 Å². The third-order valence-corrected chi connectivity index (χ3v) is 9.68. The topological polar surface area (TPSA) is 0 Å². The standard InChI is InChI=1S/C20H19F3Si.C18H14F3.Mg/c1-4-13-11-15(20(21,22)23)9-10-17(13)19-16-8-6-5-7-14(16)12-18(19)24(2)3;1-2-12-11-14(18(19,20)21)8-10-16(12)17-9-7-13-5-3-4-6-15(13)17;/h5-12H,4H2,1-3H3;3-11H,2H2,1H3;/q2*-1;+2. The minimum atomic E-state index is -4.30. The Morgan fingerprint density at radius 2 is 1.09 bits per heavy atom. The molecule has 6 rings (SSSR count). The Morgan fingerprint density at radius 1 is 0.587 bits per heavy atom. The van der Waals surface area contributed by atoms with E-state index in [-0.39, 0.29) is 23.1 Å². The molecular weight excluding hydrogens is 623 g/mol. The van der Waals surface area contributed by atoms with Crippen molar-refractivity contribution in [1.82, 2.24) is 0 Å². The van der Waals surface area contributed by atoms with Crippen LogP contribution in [0.5, 0.6) is 0 Å². The Labute approximate surface area is 283 Å². The van der Waals surface area contributed by atoms with Gasteiger partial charge in [-0.2, -0.15) is 26.3 Å². The fourth-order valence-electron chi connectivity index (χ4n) is 5.92. The van der Waals surface area contributed by atoms with Crippen LogP contribution in [0.15, 0.2) is 103 Å². The molecule has 0 saturated carbocycles. The summed E-state index contributed by atoms with van der Waals surface area (Å²) in [6, 6.07) is 30.4. The third-order valence-electron chi connectivity index (χ3n) is 8.20. The molecule has 0 bridgehead atoms. The largest absolute Gasteiger partial charge is 2.00 e. The van der Waals surface area contributed by atoms with Crippen LogP contribution in [0.4, 0.5) is 26.3 Å². The average Bonchev–Trinajstić information content (AvgIpc) is 3.62. The maximum atomic E-state index is 13.0. The molecule has 1 radical (unpaired) electrons. The fraction of sp³-hybridized carbons (Fsp3) is 0.211. The number of hydrogen-bond acceptors (Lipinski definition) is 0. The van der Waals surface area contributed by atoms with Gasteiger partial charge in [0.15, 0.2) is 0 Å². The van der Waals surface area contributed by atoms with Gasteiger partial charge in [0, 0.05) is 11.1 Å². The number of aryl methyl sites for hydroxylation is 2. The van der Waals surface area contributed by atoms with Gasteiger partial charge in [-0.15, -0.1) is 47.7 Å². The van der Waals surface area contributed by atoms with Crippen molar-refractivity contribution in [3.05, 3.63) is 125 Å². The number of rotatable bonds is 5. The van der Waals surface area contributed by atoms with E-state index in [1.807, 2.05) is 62.4 Å². The van der Waals surface area contributed by atoms with Crippen LogP contribution in [0.2, 0.25) is 13.1 Å². The van der Waals surface area contributed by atoms with E-state index in [0.29, 0.717) is 12.8 Å². The zero-order chi connectivity index (χ0) is 32.5. The first-order valence-electron chi connectivity index (χ1n) is 14.9. The van der Waals surface area contributed by atoms with Crippen LogP contribution in [-0.2, 0) is 25.2 Å². The molecular formula is C38H33F6MgSi. The molecule has 0 amide bonds. The summed E-state index contributed by atoms with van der Waals surface area (Å²) in [5.74, 6) is 0. The average molecular weight is 656 g/mol. The second kappa shape index (κ2) is 14.2. The van der Waals surface area contributed by atoms with Crippen molar-refractivity contribution >= 4 is 58.6 Å². The first-order chi connectivity index (χ1) is 21.3. The molecule has 233 valence electrons. The molecule has 8 heteroatoms. The smallest absolute Gasteiger partial charge is 0.166 e. The summed E-state index contributed by atoms with van der Waals surface area (Å²) in [5, 5.41) is 5.76. The number of fused-ring (bicyclic) bond motifs is 2. The van der Waals surface area contributed by atoms with Crippen LogP contribution >= 0.6 is 0 Å². The van der Waals surface area contributed by atoms with Gasteiger partial charge >= 0.3 is 35.4 Å². The summed E-state index contributed by atoms with van der Waals surface area (Å²) in [6.07, 6.45) is -7.45. The summed E-state index contributed by atoms with van der Waals surface area (Å²) in [4.78, 5) is 0. The molecule has 0 atom stereocenters. The Kier molecular flexibility index (Phi) is 11.0. The molecule has 0 N–H and O–H groups in total. The van der Waals surface area contributed by atoms with E-state index >= 15 is 0 Å². The summed E-state index contributed by atoms with van der Waals surface area (Å²) in [7, 11) is -0.735. The number of halogens is 6. The van der Waals surface area contributed by atoms with Crippen molar-refractivity contribution in [2.75, 3.05) is 0 Å². The SMILES string of the molecule is CCc1cc(C(F)(F)F)ccc1-[c-]1c([Si](C)C)cc2ccccc21.CCc1cc(C(F)(F)F)ccc1-[c-]1ccc2ccccc21.[Mg+2]. The summed E-state index contributed by atoms with van der Waals surface area (Å²) in [5.41, 5.74) is 4.26. The molecule has 0 unspecified atom stereocenters.